The summed E-state index contributed by atoms with van der Waals surface area (Å²) < 4.78 is 1.81. The van der Waals surface area contributed by atoms with Gasteiger partial charge in [-0.25, -0.2) is 10.1 Å². The Hall–Kier alpha value is -3.22. The largest absolute Gasteiger partial charge is 0.273 e. The minimum Gasteiger partial charge on any atom is -0.273 e. The van der Waals surface area contributed by atoms with E-state index in [2.05, 4.69) is 10.5 Å². The lowest BCUT2D eigenvalue weighted by atomic mass is 10.1. The van der Waals surface area contributed by atoms with Crippen LogP contribution in [-0.2, 0) is 11.2 Å². The number of hydrogen-bond acceptors (Lipinski definition) is 4. The van der Waals surface area contributed by atoms with E-state index in [4.69, 9.17) is 16.7 Å². The van der Waals surface area contributed by atoms with Crippen LogP contribution in [0.1, 0.15) is 11.1 Å². The molecule has 0 aliphatic heterocycles. The highest BCUT2D eigenvalue weighted by atomic mass is 35.5. The zero-order chi connectivity index (χ0) is 20.1. The van der Waals surface area contributed by atoms with Crippen molar-refractivity contribution in [3.63, 3.8) is 0 Å². The van der Waals surface area contributed by atoms with E-state index < -0.39 is 0 Å². The third-order valence-corrected chi connectivity index (χ3v) is 5.32. The lowest BCUT2D eigenvalue weighted by Crippen LogP contribution is -2.19. The normalized spacial score (nSPS) is 11.1. The van der Waals surface area contributed by atoms with E-state index in [0.29, 0.717) is 5.02 Å². The average molecular weight is 421 g/mol. The van der Waals surface area contributed by atoms with Gasteiger partial charge in [0.15, 0.2) is 0 Å². The van der Waals surface area contributed by atoms with Crippen molar-refractivity contribution in [2.24, 2.45) is 5.10 Å². The number of carbonyl (C=O) groups is 1. The second-order valence-corrected chi connectivity index (χ2v) is 7.67. The van der Waals surface area contributed by atoms with Crippen LogP contribution in [0.15, 0.2) is 83.4 Å². The summed E-state index contributed by atoms with van der Waals surface area (Å²) in [7, 11) is 0. The highest BCUT2D eigenvalue weighted by Gasteiger charge is 2.12. The summed E-state index contributed by atoms with van der Waals surface area (Å²) in [5.74, 6) is -0.198. The fourth-order valence-electron chi connectivity index (χ4n) is 2.80. The summed E-state index contributed by atoms with van der Waals surface area (Å²) >= 11 is 7.48. The molecule has 0 saturated carbocycles. The molecule has 0 bridgehead atoms. The van der Waals surface area contributed by atoms with Crippen molar-refractivity contribution >= 4 is 35.1 Å². The molecule has 0 aliphatic carbocycles. The number of carbonyl (C=O) groups excluding carboxylic acids is 1. The summed E-state index contributed by atoms with van der Waals surface area (Å²) in [6.07, 6.45) is 3.76. The van der Waals surface area contributed by atoms with Gasteiger partial charge in [0, 0.05) is 16.8 Å². The molecule has 7 heteroatoms. The van der Waals surface area contributed by atoms with Gasteiger partial charge >= 0.3 is 0 Å². The molecule has 0 atom stereocenters. The van der Waals surface area contributed by atoms with Gasteiger partial charge in [0.05, 0.1) is 23.2 Å². The average Bonchev–Trinajstić information content (AvgIpc) is 3.40. The lowest BCUT2D eigenvalue weighted by Gasteiger charge is -2.00. The van der Waals surface area contributed by atoms with Crippen LogP contribution in [0, 0.1) is 0 Å². The Bertz CT molecular complexity index is 1120. The highest BCUT2D eigenvalue weighted by molar-refractivity contribution is 7.13. The van der Waals surface area contributed by atoms with Gasteiger partial charge in [-0.15, -0.1) is 11.3 Å². The van der Waals surface area contributed by atoms with Gasteiger partial charge < -0.3 is 0 Å². The fourth-order valence-corrected chi connectivity index (χ4v) is 3.66. The molecule has 0 aliphatic rings. The molecule has 1 N–H and O–H groups in total. The van der Waals surface area contributed by atoms with E-state index in [1.807, 2.05) is 70.9 Å². The summed E-state index contributed by atoms with van der Waals surface area (Å²) in [6, 6.07) is 21.0. The van der Waals surface area contributed by atoms with Crippen molar-refractivity contribution in [3.05, 3.63) is 94.5 Å². The van der Waals surface area contributed by atoms with Gasteiger partial charge in [-0.2, -0.15) is 10.2 Å². The molecule has 29 heavy (non-hydrogen) atoms. The Morgan fingerprint density at radius 1 is 1.10 bits per heavy atom. The number of halogens is 1. The number of aromatic nitrogens is 2. The maximum Gasteiger partial charge on any atom is 0.244 e. The maximum atomic E-state index is 12.2. The van der Waals surface area contributed by atoms with Crippen LogP contribution in [0.2, 0.25) is 5.02 Å². The highest BCUT2D eigenvalue weighted by Crippen LogP contribution is 2.26. The summed E-state index contributed by atoms with van der Waals surface area (Å²) in [5.41, 5.74) is 6.05. The molecule has 0 fully saturated rings. The summed E-state index contributed by atoms with van der Waals surface area (Å²) in [4.78, 5) is 13.2. The Morgan fingerprint density at radius 2 is 1.90 bits per heavy atom. The molecule has 0 saturated heterocycles. The van der Waals surface area contributed by atoms with Crippen molar-refractivity contribution < 1.29 is 4.79 Å². The number of thiophene rings is 1. The minimum atomic E-state index is -0.198. The molecular formula is C22H17ClN4OS. The predicted octanol–water partition coefficient (Wildman–Crippen LogP) is 4.95. The molecule has 4 aromatic rings. The first-order valence-electron chi connectivity index (χ1n) is 8.94. The van der Waals surface area contributed by atoms with Crippen molar-refractivity contribution in [1.82, 2.24) is 15.2 Å². The zero-order valence-corrected chi connectivity index (χ0v) is 16.9. The Morgan fingerprint density at radius 3 is 2.62 bits per heavy atom. The topological polar surface area (TPSA) is 59.3 Å². The van der Waals surface area contributed by atoms with Crippen LogP contribution in [-0.4, -0.2) is 21.9 Å². The van der Waals surface area contributed by atoms with Crippen LogP contribution in [0.25, 0.3) is 16.3 Å². The van der Waals surface area contributed by atoms with E-state index in [9.17, 15) is 4.79 Å². The number of hydrogen-bond donors (Lipinski definition) is 1. The maximum absolute atomic E-state index is 12.2. The Labute approximate surface area is 177 Å². The van der Waals surface area contributed by atoms with Crippen LogP contribution < -0.4 is 5.43 Å². The lowest BCUT2D eigenvalue weighted by molar-refractivity contribution is -0.120. The van der Waals surface area contributed by atoms with Crippen LogP contribution >= 0.6 is 22.9 Å². The van der Waals surface area contributed by atoms with Crippen molar-refractivity contribution in [1.29, 1.82) is 0 Å². The molecular weight excluding hydrogens is 404 g/mol. The second kappa shape index (κ2) is 8.86. The van der Waals surface area contributed by atoms with E-state index in [-0.39, 0.29) is 12.3 Å². The number of nitrogens with zero attached hydrogens (tertiary/aromatic N) is 3. The first-order valence-corrected chi connectivity index (χ1v) is 10.2. The van der Waals surface area contributed by atoms with Gasteiger partial charge in [-0.1, -0.05) is 48.0 Å². The monoisotopic (exact) mass is 420 g/mol. The smallest absolute Gasteiger partial charge is 0.244 e. The third kappa shape index (κ3) is 4.80. The fraction of sp³-hybridized carbons (Fsp3) is 0.0455. The first-order chi connectivity index (χ1) is 14.2. The standard InChI is InChI=1S/C22H17ClN4OS/c23-18-10-8-16(9-11-18)13-21(28)25-24-14-17-15-27(19-5-2-1-3-6-19)26-22(17)20-7-4-12-29-20/h1-12,14-15H,13H2,(H,25,28)/b24-14+. The molecule has 144 valence electrons. The van der Waals surface area contributed by atoms with Crippen LogP contribution in [0.5, 0.6) is 0 Å². The quantitative estimate of drug-likeness (QED) is 0.354. The molecule has 2 aromatic heterocycles. The van der Waals surface area contributed by atoms with Gasteiger partial charge in [0.1, 0.15) is 5.69 Å². The van der Waals surface area contributed by atoms with Crippen molar-refractivity contribution in [2.75, 3.05) is 0 Å². The SMILES string of the molecule is O=C(Cc1ccc(Cl)cc1)N/N=C/c1cn(-c2ccccc2)nc1-c1cccs1. The molecule has 0 radical (unpaired) electrons. The molecule has 5 nitrogen and oxygen atoms in total. The van der Waals surface area contributed by atoms with Gasteiger partial charge in [0.25, 0.3) is 0 Å². The molecule has 2 aromatic carbocycles. The van der Waals surface area contributed by atoms with E-state index in [1.54, 1.807) is 29.7 Å². The zero-order valence-electron chi connectivity index (χ0n) is 15.3. The van der Waals surface area contributed by atoms with E-state index in [0.717, 1.165) is 27.4 Å². The predicted molar refractivity (Wildman–Crippen MR) is 118 cm³/mol. The number of rotatable bonds is 6. The number of nitrogens with one attached hydrogen (secondary N) is 1. The molecule has 2 heterocycles. The number of benzene rings is 2. The summed E-state index contributed by atoms with van der Waals surface area (Å²) in [6.45, 7) is 0. The summed E-state index contributed by atoms with van der Waals surface area (Å²) in [5, 5.41) is 11.5. The van der Waals surface area contributed by atoms with Gasteiger partial charge in [-0.05, 0) is 41.3 Å². The Kier molecular flexibility index (Phi) is 5.84. The Balaban J connectivity index is 1.51. The number of para-hydroxylation sites is 1. The molecule has 4 rings (SSSR count). The molecule has 0 unspecified atom stereocenters. The number of amides is 1. The van der Waals surface area contributed by atoms with E-state index in [1.165, 1.54) is 0 Å². The second-order valence-electron chi connectivity index (χ2n) is 6.29. The van der Waals surface area contributed by atoms with Crippen molar-refractivity contribution in [3.8, 4) is 16.3 Å². The van der Waals surface area contributed by atoms with Gasteiger partial charge in [0.2, 0.25) is 5.91 Å². The van der Waals surface area contributed by atoms with Crippen LogP contribution in [0.4, 0.5) is 0 Å². The third-order valence-electron chi connectivity index (χ3n) is 4.19. The van der Waals surface area contributed by atoms with E-state index >= 15 is 0 Å². The minimum absolute atomic E-state index is 0.198. The molecule has 0 spiro atoms. The van der Waals surface area contributed by atoms with Gasteiger partial charge in [-0.3, -0.25) is 4.79 Å². The van der Waals surface area contributed by atoms with Crippen molar-refractivity contribution in [2.45, 2.75) is 6.42 Å². The number of hydrazone groups is 1. The molecule has 1 amide bonds. The first kappa shape index (κ1) is 19.1. The van der Waals surface area contributed by atoms with Crippen LogP contribution in [0.3, 0.4) is 0 Å².